The maximum atomic E-state index is 15.4. The van der Waals surface area contributed by atoms with Crippen molar-refractivity contribution < 1.29 is 13.5 Å². The van der Waals surface area contributed by atoms with E-state index in [-0.39, 0.29) is 11.6 Å². The Morgan fingerprint density at radius 3 is 1.93 bits per heavy atom. The van der Waals surface area contributed by atoms with E-state index in [1.165, 1.54) is 17.0 Å². The first-order valence-electron chi connectivity index (χ1n) is 15.9. The van der Waals surface area contributed by atoms with Crippen LogP contribution in [0.4, 0.5) is 8.78 Å². The second-order valence-corrected chi connectivity index (χ2v) is 11.7. The summed E-state index contributed by atoms with van der Waals surface area (Å²) in [4.78, 5) is 0. The summed E-state index contributed by atoms with van der Waals surface area (Å²) in [7, 11) is 0. The standard InChI is InChI=1S/C43H36F2O/c1-4-6-31-7-11-35-26-36(17-16-34(35)25-31)37-18-22-41(43(45)27-37)33-14-12-32(13-15-33)38-24-29(3)40(42(44)28-38)21-10-30-8-19-39(20-9-30)46-23-5-2/h7-9,11-20,22,24-28H,4-6,23H2,1-3H3. The molecule has 0 atom stereocenters. The molecule has 0 aliphatic heterocycles. The molecule has 6 aromatic rings. The van der Waals surface area contributed by atoms with Gasteiger partial charge in [-0.25, -0.2) is 8.78 Å². The molecule has 0 saturated carbocycles. The summed E-state index contributed by atoms with van der Waals surface area (Å²) in [5.74, 6) is 6.21. The van der Waals surface area contributed by atoms with E-state index in [2.05, 4.69) is 62.1 Å². The second kappa shape index (κ2) is 13.8. The van der Waals surface area contributed by atoms with Gasteiger partial charge in [-0.3, -0.25) is 0 Å². The van der Waals surface area contributed by atoms with Crippen LogP contribution in [0.15, 0.2) is 115 Å². The Kier molecular flexibility index (Phi) is 9.27. The van der Waals surface area contributed by atoms with Crippen molar-refractivity contribution in [1.29, 1.82) is 0 Å². The molecule has 6 aromatic carbocycles. The second-order valence-electron chi connectivity index (χ2n) is 11.7. The van der Waals surface area contributed by atoms with Gasteiger partial charge in [0.2, 0.25) is 0 Å². The van der Waals surface area contributed by atoms with Crippen LogP contribution in [-0.2, 0) is 6.42 Å². The largest absolute Gasteiger partial charge is 0.494 e. The van der Waals surface area contributed by atoms with Gasteiger partial charge < -0.3 is 4.74 Å². The van der Waals surface area contributed by atoms with Crippen molar-refractivity contribution in [1.82, 2.24) is 0 Å². The van der Waals surface area contributed by atoms with Crippen molar-refractivity contribution in [3.05, 3.63) is 149 Å². The van der Waals surface area contributed by atoms with Gasteiger partial charge in [-0.1, -0.05) is 98.8 Å². The van der Waals surface area contributed by atoms with Crippen molar-refractivity contribution in [2.75, 3.05) is 6.61 Å². The van der Waals surface area contributed by atoms with Crippen molar-refractivity contribution in [2.45, 2.75) is 40.0 Å². The summed E-state index contributed by atoms with van der Waals surface area (Å²) >= 11 is 0. The molecule has 0 unspecified atom stereocenters. The highest BCUT2D eigenvalue weighted by atomic mass is 19.1. The Balaban J connectivity index is 1.19. The minimum absolute atomic E-state index is 0.281. The zero-order chi connectivity index (χ0) is 32.0. The van der Waals surface area contributed by atoms with Crippen LogP contribution in [0.2, 0.25) is 0 Å². The summed E-state index contributed by atoms with van der Waals surface area (Å²) in [5.41, 5.74) is 7.97. The number of halogens is 2. The number of hydrogen-bond acceptors (Lipinski definition) is 1. The minimum atomic E-state index is -0.369. The normalized spacial score (nSPS) is 10.9. The lowest BCUT2D eigenvalue weighted by molar-refractivity contribution is 0.317. The average molecular weight is 607 g/mol. The molecule has 0 radical (unpaired) electrons. The molecule has 0 amide bonds. The molecule has 228 valence electrons. The van der Waals surface area contributed by atoms with E-state index in [9.17, 15) is 0 Å². The lowest BCUT2D eigenvalue weighted by atomic mass is 9.95. The maximum Gasteiger partial charge on any atom is 0.139 e. The quantitative estimate of drug-likeness (QED) is 0.157. The number of benzene rings is 6. The number of ether oxygens (including phenoxy) is 1. The van der Waals surface area contributed by atoms with Crippen molar-refractivity contribution in [2.24, 2.45) is 0 Å². The van der Waals surface area contributed by atoms with Gasteiger partial charge in [0.1, 0.15) is 17.4 Å². The Labute approximate surface area is 270 Å². The lowest BCUT2D eigenvalue weighted by Gasteiger charge is -2.10. The lowest BCUT2D eigenvalue weighted by Crippen LogP contribution is -1.94. The molecule has 3 heteroatoms. The predicted octanol–water partition coefficient (Wildman–Crippen LogP) is 11.6. The molecular formula is C43H36F2O. The van der Waals surface area contributed by atoms with Crippen LogP contribution in [0.25, 0.3) is 44.2 Å². The van der Waals surface area contributed by atoms with E-state index < -0.39 is 0 Å². The Morgan fingerprint density at radius 2 is 1.22 bits per heavy atom. The Hall–Kier alpha value is -5.20. The zero-order valence-electron chi connectivity index (χ0n) is 26.5. The predicted molar refractivity (Wildman–Crippen MR) is 187 cm³/mol. The van der Waals surface area contributed by atoms with Gasteiger partial charge in [0.25, 0.3) is 0 Å². The van der Waals surface area contributed by atoms with Gasteiger partial charge in [-0.2, -0.15) is 0 Å². The topological polar surface area (TPSA) is 9.23 Å². The molecule has 0 aliphatic rings. The maximum absolute atomic E-state index is 15.4. The van der Waals surface area contributed by atoms with Crippen molar-refractivity contribution in [3.8, 4) is 51.0 Å². The fraction of sp³-hybridized carbons (Fsp3) is 0.163. The molecular weight excluding hydrogens is 570 g/mol. The van der Waals surface area contributed by atoms with E-state index in [0.717, 1.165) is 69.3 Å². The molecule has 46 heavy (non-hydrogen) atoms. The van der Waals surface area contributed by atoms with Crippen LogP contribution < -0.4 is 4.74 Å². The van der Waals surface area contributed by atoms with Crippen LogP contribution in [0.5, 0.6) is 5.75 Å². The molecule has 1 nitrogen and oxygen atoms in total. The van der Waals surface area contributed by atoms with Crippen LogP contribution in [0, 0.1) is 30.4 Å². The Morgan fingerprint density at radius 1 is 0.565 bits per heavy atom. The summed E-state index contributed by atoms with van der Waals surface area (Å²) in [6, 6.07) is 36.8. The number of fused-ring (bicyclic) bond motifs is 1. The van der Waals surface area contributed by atoms with Crippen LogP contribution in [-0.4, -0.2) is 6.61 Å². The minimum Gasteiger partial charge on any atom is -0.494 e. The van der Waals surface area contributed by atoms with Crippen molar-refractivity contribution >= 4 is 10.8 Å². The molecule has 0 aromatic heterocycles. The van der Waals surface area contributed by atoms with Gasteiger partial charge in [0.05, 0.1) is 12.2 Å². The number of hydrogen-bond donors (Lipinski definition) is 0. The first-order chi connectivity index (χ1) is 22.4. The number of rotatable bonds is 8. The third-order valence-electron chi connectivity index (χ3n) is 8.22. The fourth-order valence-electron chi connectivity index (χ4n) is 5.75. The molecule has 0 aliphatic carbocycles. The summed E-state index contributed by atoms with van der Waals surface area (Å²) in [6.07, 6.45) is 3.13. The zero-order valence-corrected chi connectivity index (χ0v) is 26.5. The number of aryl methyl sites for hydroxylation is 2. The van der Waals surface area contributed by atoms with E-state index >= 15 is 8.78 Å². The fourth-order valence-corrected chi connectivity index (χ4v) is 5.75. The highest BCUT2D eigenvalue weighted by Gasteiger charge is 2.11. The summed E-state index contributed by atoms with van der Waals surface area (Å²) in [6.45, 7) is 6.78. The Bertz CT molecular complexity index is 2040. The molecule has 0 heterocycles. The van der Waals surface area contributed by atoms with E-state index in [0.29, 0.717) is 17.7 Å². The SMILES string of the molecule is CCCOc1ccc(C#Cc2c(C)cc(-c3ccc(-c4ccc(-c5ccc6cc(CCC)ccc6c5)cc4F)cc3)cc2F)cc1. The van der Waals surface area contributed by atoms with Gasteiger partial charge in [0, 0.05) is 11.1 Å². The van der Waals surface area contributed by atoms with E-state index in [1.807, 2.05) is 73.7 Å². The summed E-state index contributed by atoms with van der Waals surface area (Å²) in [5, 5.41) is 2.34. The molecule has 0 N–H and O–H groups in total. The third kappa shape index (κ3) is 6.87. The monoisotopic (exact) mass is 606 g/mol. The smallest absolute Gasteiger partial charge is 0.139 e. The molecule has 0 bridgehead atoms. The van der Waals surface area contributed by atoms with Crippen LogP contribution >= 0.6 is 0 Å². The highest BCUT2D eigenvalue weighted by Crippen LogP contribution is 2.32. The molecule has 0 spiro atoms. The van der Waals surface area contributed by atoms with Gasteiger partial charge >= 0.3 is 0 Å². The highest BCUT2D eigenvalue weighted by molar-refractivity contribution is 5.88. The first-order valence-corrected chi connectivity index (χ1v) is 15.9. The van der Waals surface area contributed by atoms with Crippen LogP contribution in [0.3, 0.4) is 0 Å². The van der Waals surface area contributed by atoms with E-state index in [4.69, 9.17) is 4.74 Å². The van der Waals surface area contributed by atoms with Crippen molar-refractivity contribution in [3.63, 3.8) is 0 Å². The summed E-state index contributed by atoms with van der Waals surface area (Å²) < 4.78 is 36.3. The molecule has 6 rings (SSSR count). The molecule has 0 fully saturated rings. The van der Waals surface area contributed by atoms with Gasteiger partial charge in [-0.15, -0.1) is 0 Å². The third-order valence-corrected chi connectivity index (χ3v) is 8.22. The first kappa shape index (κ1) is 30.8. The molecule has 0 saturated heterocycles. The van der Waals surface area contributed by atoms with E-state index in [1.54, 1.807) is 6.07 Å². The van der Waals surface area contributed by atoms with Gasteiger partial charge in [0.15, 0.2) is 0 Å². The average Bonchev–Trinajstić information content (AvgIpc) is 3.07. The van der Waals surface area contributed by atoms with Crippen LogP contribution in [0.1, 0.15) is 48.9 Å². The van der Waals surface area contributed by atoms with Gasteiger partial charge in [-0.05, 0) is 118 Å².